The average Bonchev–Trinajstić information content (AvgIpc) is 2.95. The highest BCUT2D eigenvalue weighted by atomic mass is 32.1. The van der Waals surface area contributed by atoms with E-state index >= 15 is 0 Å². The molecule has 3 aromatic heterocycles. The molecule has 0 fully saturated rings. The molecule has 0 unspecified atom stereocenters. The molecule has 0 aliphatic heterocycles. The topological polar surface area (TPSA) is 66.5 Å². The van der Waals surface area contributed by atoms with Gasteiger partial charge in [-0.25, -0.2) is 15.0 Å². The van der Waals surface area contributed by atoms with E-state index in [0.717, 1.165) is 17.9 Å². The highest BCUT2D eigenvalue weighted by Gasteiger charge is 2.06. The predicted molar refractivity (Wildman–Crippen MR) is 68.1 cm³/mol. The standard InChI is InChI=1S/C11H11N5S/c1-7-3-17-4-8(7)2-12-10-9-11(14-5-13-9)16-6-15-10/h3-6H,2H2,1H3,(H2,12,13,14,15,16). The van der Waals surface area contributed by atoms with Gasteiger partial charge in [-0.15, -0.1) is 0 Å². The zero-order valence-electron chi connectivity index (χ0n) is 9.27. The molecule has 3 rings (SSSR count). The average molecular weight is 245 g/mol. The Labute approximate surface area is 102 Å². The number of nitrogens with zero attached hydrogens (tertiary/aromatic N) is 3. The third-order valence-corrected chi connectivity index (χ3v) is 3.54. The third kappa shape index (κ3) is 1.87. The van der Waals surface area contributed by atoms with Crippen LogP contribution in [0.3, 0.4) is 0 Å². The number of aromatic nitrogens is 4. The molecule has 86 valence electrons. The van der Waals surface area contributed by atoms with Gasteiger partial charge in [-0.2, -0.15) is 11.3 Å². The van der Waals surface area contributed by atoms with Crippen molar-refractivity contribution < 1.29 is 0 Å². The number of anilines is 1. The Balaban J connectivity index is 1.86. The van der Waals surface area contributed by atoms with Gasteiger partial charge in [0, 0.05) is 6.54 Å². The van der Waals surface area contributed by atoms with Crippen LogP contribution in [0.15, 0.2) is 23.4 Å². The molecule has 0 saturated heterocycles. The Bertz CT molecular complexity index is 642. The second kappa shape index (κ2) is 4.14. The fourth-order valence-electron chi connectivity index (χ4n) is 1.65. The minimum absolute atomic E-state index is 0.685. The number of fused-ring (bicyclic) bond motifs is 1. The van der Waals surface area contributed by atoms with Gasteiger partial charge in [-0.3, -0.25) is 0 Å². The summed E-state index contributed by atoms with van der Waals surface area (Å²) in [5.41, 5.74) is 4.13. The monoisotopic (exact) mass is 245 g/mol. The highest BCUT2D eigenvalue weighted by Crippen LogP contribution is 2.18. The second-order valence-corrected chi connectivity index (χ2v) is 4.50. The van der Waals surface area contributed by atoms with Gasteiger partial charge in [-0.1, -0.05) is 0 Å². The zero-order valence-corrected chi connectivity index (χ0v) is 10.1. The maximum Gasteiger partial charge on any atom is 0.182 e. The number of rotatable bonds is 3. The lowest BCUT2D eigenvalue weighted by atomic mass is 10.2. The van der Waals surface area contributed by atoms with E-state index in [9.17, 15) is 0 Å². The number of thiophene rings is 1. The molecule has 0 aromatic carbocycles. The Morgan fingerprint density at radius 2 is 2.24 bits per heavy atom. The van der Waals surface area contributed by atoms with Crippen LogP contribution in [0.2, 0.25) is 0 Å². The minimum Gasteiger partial charge on any atom is -0.364 e. The van der Waals surface area contributed by atoms with E-state index in [2.05, 4.69) is 42.9 Å². The Morgan fingerprint density at radius 3 is 3.06 bits per heavy atom. The Kier molecular flexibility index (Phi) is 2.49. The van der Waals surface area contributed by atoms with Crippen molar-refractivity contribution in [3.63, 3.8) is 0 Å². The smallest absolute Gasteiger partial charge is 0.182 e. The van der Waals surface area contributed by atoms with E-state index in [0.29, 0.717) is 5.65 Å². The largest absolute Gasteiger partial charge is 0.364 e. The van der Waals surface area contributed by atoms with Crippen molar-refractivity contribution in [1.82, 2.24) is 19.9 Å². The van der Waals surface area contributed by atoms with Gasteiger partial charge in [0.25, 0.3) is 0 Å². The first kappa shape index (κ1) is 10.2. The summed E-state index contributed by atoms with van der Waals surface area (Å²) in [5, 5.41) is 7.59. The molecule has 5 nitrogen and oxygen atoms in total. The summed E-state index contributed by atoms with van der Waals surface area (Å²) in [6.07, 6.45) is 3.15. The van der Waals surface area contributed by atoms with Crippen molar-refractivity contribution in [1.29, 1.82) is 0 Å². The third-order valence-electron chi connectivity index (χ3n) is 2.63. The first-order valence-electron chi connectivity index (χ1n) is 5.24. The van der Waals surface area contributed by atoms with Gasteiger partial charge < -0.3 is 10.3 Å². The fraction of sp³-hybridized carbons (Fsp3) is 0.182. The van der Waals surface area contributed by atoms with Crippen LogP contribution in [0.1, 0.15) is 11.1 Å². The molecular formula is C11H11N5S. The summed E-state index contributed by atoms with van der Waals surface area (Å²) in [5.74, 6) is 0.790. The van der Waals surface area contributed by atoms with Crippen LogP contribution < -0.4 is 5.32 Å². The predicted octanol–water partition coefficient (Wildman–Crippen LogP) is 2.33. The van der Waals surface area contributed by atoms with Crippen LogP contribution in [0.25, 0.3) is 11.2 Å². The molecule has 3 aromatic rings. The quantitative estimate of drug-likeness (QED) is 0.743. The summed E-state index contributed by atoms with van der Waals surface area (Å²) in [4.78, 5) is 15.4. The van der Waals surface area contributed by atoms with E-state index in [-0.39, 0.29) is 0 Å². The number of H-pyrrole nitrogens is 1. The van der Waals surface area contributed by atoms with Crippen molar-refractivity contribution >= 4 is 28.3 Å². The van der Waals surface area contributed by atoms with E-state index in [1.165, 1.54) is 17.5 Å². The molecule has 0 saturated carbocycles. The summed E-state index contributed by atoms with van der Waals surface area (Å²) < 4.78 is 0. The summed E-state index contributed by atoms with van der Waals surface area (Å²) in [7, 11) is 0. The lowest BCUT2D eigenvalue weighted by Gasteiger charge is -2.05. The number of aromatic amines is 1. The first-order chi connectivity index (χ1) is 8.34. The highest BCUT2D eigenvalue weighted by molar-refractivity contribution is 7.08. The summed E-state index contributed by atoms with van der Waals surface area (Å²) >= 11 is 1.71. The minimum atomic E-state index is 0.685. The SMILES string of the molecule is Cc1cscc1CNc1ncnc2nc[nH]c12. The van der Waals surface area contributed by atoms with Crippen molar-refractivity contribution in [2.24, 2.45) is 0 Å². The molecule has 0 radical (unpaired) electrons. The van der Waals surface area contributed by atoms with Crippen LogP contribution in [0.4, 0.5) is 5.82 Å². The van der Waals surface area contributed by atoms with Gasteiger partial charge in [0.05, 0.1) is 6.33 Å². The van der Waals surface area contributed by atoms with Crippen LogP contribution >= 0.6 is 11.3 Å². The molecule has 0 aliphatic rings. The number of aryl methyl sites for hydroxylation is 1. The maximum atomic E-state index is 4.22. The van der Waals surface area contributed by atoms with Crippen molar-refractivity contribution in [2.75, 3.05) is 5.32 Å². The molecule has 3 heterocycles. The normalized spacial score (nSPS) is 10.9. The van der Waals surface area contributed by atoms with Gasteiger partial charge in [0.2, 0.25) is 0 Å². The zero-order chi connectivity index (χ0) is 11.7. The molecule has 0 spiro atoms. The lowest BCUT2D eigenvalue weighted by molar-refractivity contribution is 1.09. The molecule has 0 aliphatic carbocycles. The summed E-state index contributed by atoms with van der Waals surface area (Å²) in [6.45, 7) is 2.87. The van der Waals surface area contributed by atoms with Crippen LogP contribution in [0, 0.1) is 6.92 Å². The van der Waals surface area contributed by atoms with Gasteiger partial charge in [-0.05, 0) is 28.8 Å². The molecular weight excluding hydrogens is 234 g/mol. The molecule has 0 atom stereocenters. The first-order valence-corrected chi connectivity index (χ1v) is 6.18. The number of nitrogens with one attached hydrogen (secondary N) is 2. The summed E-state index contributed by atoms with van der Waals surface area (Å²) in [6, 6.07) is 0. The molecule has 0 amide bonds. The Hall–Kier alpha value is -1.95. The number of imidazole rings is 1. The fourth-order valence-corrected chi connectivity index (χ4v) is 2.50. The molecule has 17 heavy (non-hydrogen) atoms. The van der Waals surface area contributed by atoms with E-state index in [1.54, 1.807) is 17.7 Å². The number of hydrogen-bond acceptors (Lipinski definition) is 5. The van der Waals surface area contributed by atoms with E-state index in [1.807, 2.05) is 0 Å². The maximum absolute atomic E-state index is 4.22. The second-order valence-electron chi connectivity index (χ2n) is 3.76. The lowest BCUT2D eigenvalue weighted by Crippen LogP contribution is -2.02. The van der Waals surface area contributed by atoms with Crippen LogP contribution in [-0.4, -0.2) is 19.9 Å². The van der Waals surface area contributed by atoms with Gasteiger partial charge in [0.15, 0.2) is 11.5 Å². The Morgan fingerprint density at radius 1 is 1.29 bits per heavy atom. The van der Waals surface area contributed by atoms with Crippen molar-refractivity contribution in [3.05, 3.63) is 34.5 Å². The molecule has 2 N–H and O–H groups in total. The van der Waals surface area contributed by atoms with E-state index < -0.39 is 0 Å². The van der Waals surface area contributed by atoms with Crippen LogP contribution in [0.5, 0.6) is 0 Å². The van der Waals surface area contributed by atoms with Crippen molar-refractivity contribution in [2.45, 2.75) is 13.5 Å². The molecule has 0 bridgehead atoms. The van der Waals surface area contributed by atoms with Crippen LogP contribution in [-0.2, 0) is 6.54 Å². The molecule has 6 heteroatoms. The van der Waals surface area contributed by atoms with Crippen molar-refractivity contribution in [3.8, 4) is 0 Å². The van der Waals surface area contributed by atoms with Gasteiger partial charge in [0.1, 0.15) is 11.8 Å². The van der Waals surface area contributed by atoms with E-state index in [4.69, 9.17) is 0 Å². The van der Waals surface area contributed by atoms with Gasteiger partial charge >= 0.3 is 0 Å². The number of hydrogen-bond donors (Lipinski definition) is 2.